The molecule has 32 heavy (non-hydrogen) atoms. The summed E-state index contributed by atoms with van der Waals surface area (Å²) in [6.45, 7) is 1.32. The van der Waals surface area contributed by atoms with E-state index in [4.69, 9.17) is 21.2 Å². The molecule has 2 bridgehead atoms. The summed E-state index contributed by atoms with van der Waals surface area (Å²) in [4.78, 5) is 45.1. The van der Waals surface area contributed by atoms with Crippen LogP contribution in [0.3, 0.4) is 0 Å². The van der Waals surface area contributed by atoms with Crippen LogP contribution in [0, 0.1) is 29.6 Å². The third-order valence-corrected chi connectivity index (χ3v) is 7.53. The van der Waals surface area contributed by atoms with Crippen molar-refractivity contribution >= 4 is 40.8 Å². The van der Waals surface area contributed by atoms with Gasteiger partial charge in [-0.3, -0.25) is 19.3 Å². The van der Waals surface area contributed by atoms with Crippen molar-refractivity contribution in [3.63, 3.8) is 0 Å². The number of anilines is 1. The summed E-state index contributed by atoms with van der Waals surface area (Å²) in [6.07, 6.45) is 0.556. The molecule has 0 N–H and O–H groups in total. The standard InChI is InChI=1S/C24H19ClN2O5/c1-11(28)31-13-8-6-12(7-9-13)27-23(29)18-15-10-16(19(18)24(27)30)22-20(15)21(26-32-22)14-4-2-3-5-17(14)25/h2-9,15-16,18-20,22H,10H2,1H3/t15-,16+,18+,19+,20+,22-/m1/s1. The van der Waals surface area contributed by atoms with Gasteiger partial charge in [-0.1, -0.05) is 35.0 Å². The predicted molar refractivity (Wildman–Crippen MR) is 115 cm³/mol. The minimum absolute atomic E-state index is 0.0192. The van der Waals surface area contributed by atoms with E-state index in [0.29, 0.717) is 16.5 Å². The number of carbonyl (C=O) groups is 3. The maximum Gasteiger partial charge on any atom is 0.308 e. The highest BCUT2D eigenvalue weighted by atomic mass is 35.5. The molecule has 2 aromatic carbocycles. The first kappa shape index (κ1) is 19.5. The number of benzene rings is 2. The number of esters is 1. The van der Waals surface area contributed by atoms with E-state index in [2.05, 4.69) is 5.16 Å². The molecule has 162 valence electrons. The monoisotopic (exact) mass is 450 g/mol. The van der Waals surface area contributed by atoms with Crippen LogP contribution in [-0.4, -0.2) is 29.6 Å². The van der Waals surface area contributed by atoms with Gasteiger partial charge in [0.2, 0.25) is 11.8 Å². The predicted octanol–water partition coefficient (Wildman–Crippen LogP) is 3.44. The fourth-order valence-electron chi connectivity index (χ4n) is 6.10. The Labute approximate surface area is 188 Å². The fraction of sp³-hybridized carbons (Fsp3) is 0.333. The number of imide groups is 1. The van der Waals surface area contributed by atoms with Gasteiger partial charge >= 0.3 is 5.97 Å². The van der Waals surface area contributed by atoms with Crippen LogP contribution in [0.25, 0.3) is 0 Å². The van der Waals surface area contributed by atoms with E-state index in [9.17, 15) is 14.4 Å². The first-order valence-electron chi connectivity index (χ1n) is 10.6. The Kier molecular flexibility index (Phi) is 4.21. The molecule has 2 heterocycles. The molecule has 8 heteroatoms. The van der Waals surface area contributed by atoms with Crippen LogP contribution in [-0.2, 0) is 19.2 Å². The van der Waals surface area contributed by atoms with Crippen molar-refractivity contribution in [2.45, 2.75) is 19.4 Å². The van der Waals surface area contributed by atoms with Crippen molar-refractivity contribution in [1.82, 2.24) is 0 Å². The molecular formula is C24H19ClN2O5. The normalized spacial score (nSPS) is 31.9. The summed E-state index contributed by atoms with van der Waals surface area (Å²) in [6, 6.07) is 13.9. The summed E-state index contributed by atoms with van der Waals surface area (Å²) in [5.74, 6) is -1.36. The van der Waals surface area contributed by atoms with E-state index in [-0.39, 0.29) is 35.7 Å². The highest BCUT2D eigenvalue weighted by molar-refractivity contribution is 6.34. The van der Waals surface area contributed by atoms with Crippen LogP contribution in [0.1, 0.15) is 18.9 Å². The molecule has 2 aromatic rings. The van der Waals surface area contributed by atoms with Gasteiger partial charge < -0.3 is 9.57 Å². The van der Waals surface area contributed by atoms with Crippen LogP contribution < -0.4 is 9.64 Å². The Morgan fingerprint density at radius 3 is 2.41 bits per heavy atom. The Bertz CT molecular complexity index is 1190. The lowest BCUT2D eigenvalue weighted by Gasteiger charge is -2.30. The third kappa shape index (κ3) is 2.60. The average molecular weight is 451 g/mol. The molecule has 1 saturated heterocycles. The number of hydrogen-bond donors (Lipinski definition) is 0. The molecule has 7 nitrogen and oxygen atoms in total. The lowest BCUT2D eigenvalue weighted by atomic mass is 9.71. The molecule has 0 radical (unpaired) electrons. The van der Waals surface area contributed by atoms with E-state index in [1.807, 2.05) is 24.3 Å². The number of oxime groups is 1. The lowest BCUT2D eigenvalue weighted by molar-refractivity contribution is -0.132. The zero-order valence-corrected chi connectivity index (χ0v) is 17.9. The first-order valence-corrected chi connectivity index (χ1v) is 11.0. The number of halogens is 1. The maximum atomic E-state index is 13.5. The number of amides is 2. The van der Waals surface area contributed by atoms with Gasteiger partial charge in [0.25, 0.3) is 0 Å². The van der Waals surface area contributed by atoms with E-state index in [1.54, 1.807) is 24.3 Å². The molecule has 0 aromatic heterocycles. The summed E-state index contributed by atoms with van der Waals surface area (Å²) < 4.78 is 5.05. The van der Waals surface area contributed by atoms with E-state index < -0.39 is 17.8 Å². The molecular weight excluding hydrogens is 432 g/mol. The Morgan fingerprint density at radius 1 is 1.03 bits per heavy atom. The highest BCUT2D eigenvalue weighted by Gasteiger charge is 2.70. The van der Waals surface area contributed by atoms with Crippen molar-refractivity contribution < 1.29 is 24.0 Å². The largest absolute Gasteiger partial charge is 0.427 e. The Morgan fingerprint density at radius 2 is 1.72 bits per heavy atom. The van der Waals surface area contributed by atoms with Crippen molar-refractivity contribution in [3.8, 4) is 5.75 Å². The highest BCUT2D eigenvalue weighted by Crippen LogP contribution is 2.62. The second-order valence-corrected chi connectivity index (χ2v) is 9.17. The minimum atomic E-state index is -0.431. The van der Waals surface area contributed by atoms with Gasteiger partial charge in [-0.05, 0) is 42.7 Å². The number of carbonyl (C=O) groups excluding carboxylic acids is 3. The van der Waals surface area contributed by atoms with Crippen molar-refractivity contribution in [3.05, 3.63) is 59.1 Å². The summed E-state index contributed by atoms with van der Waals surface area (Å²) in [5.41, 5.74) is 2.08. The number of nitrogens with zero attached hydrogens (tertiary/aromatic N) is 2. The smallest absolute Gasteiger partial charge is 0.308 e. The van der Waals surface area contributed by atoms with Crippen LogP contribution >= 0.6 is 11.6 Å². The molecule has 6 rings (SSSR count). The van der Waals surface area contributed by atoms with Gasteiger partial charge in [0.05, 0.1) is 23.2 Å². The number of ether oxygens (including phenoxy) is 1. The van der Waals surface area contributed by atoms with Crippen LogP contribution in [0.5, 0.6) is 5.75 Å². The van der Waals surface area contributed by atoms with Crippen LogP contribution in [0.15, 0.2) is 53.7 Å². The number of rotatable bonds is 3. The van der Waals surface area contributed by atoms with Crippen LogP contribution in [0.4, 0.5) is 5.69 Å². The fourth-order valence-corrected chi connectivity index (χ4v) is 6.33. The zero-order valence-electron chi connectivity index (χ0n) is 17.1. The van der Waals surface area contributed by atoms with Gasteiger partial charge in [-0.15, -0.1) is 0 Å². The van der Waals surface area contributed by atoms with E-state index in [1.165, 1.54) is 11.8 Å². The second kappa shape index (κ2) is 6.90. The maximum absolute atomic E-state index is 13.5. The molecule has 3 fully saturated rings. The van der Waals surface area contributed by atoms with Gasteiger partial charge in [-0.25, -0.2) is 0 Å². The van der Waals surface area contributed by atoms with E-state index in [0.717, 1.165) is 17.7 Å². The molecule has 2 amide bonds. The Hall–Kier alpha value is -3.19. The molecule has 2 saturated carbocycles. The van der Waals surface area contributed by atoms with Crippen molar-refractivity contribution in [2.75, 3.05) is 4.90 Å². The average Bonchev–Trinajstić information content (AvgIpc) is 3.49. The molecule has 2 aliphatic carbocycles. The molecule has 2 aliphatic heterocycles. The Balaban J connectivity index is 1.31. The van der Waals surface area contributed by atoms with Gasteiger partial charge in [0.15, 0.2) is 0 Å². The van der Waals surface area contributed by atoms with Gasteiger partial charge in [0, 0.05) is 29.3 Å². The summed E-state index contributed by atoms with van der Waals surface area (Å²) in [5, 5.41) is 4.93. The molecule has 4 aliphatic rings. The third-order valence-electron chi connectivity index (χ3n) is 7.20. The summed E-state index contributed by atoms with van der Waals surface area (Å²) in [7, 11) is 0. The summed E-state index contributed by atoms with van der Waals surface area (Å²) >= 11 is 6.41. The zero-order chi connectivity index (χ0) is 22.1. The molecule has 6 atom stereocenters. The number of fused-ring (bicyclic) bond motifs is 8. The van der Waals surface area contributed by atoms with Crippen molar-refractivity contribution in [1.29, 1.82) is 0 Å². The van der Waals surface area contributed by atoms with E-state index >= 15 is 0 Å². The van der Waals surface area contributed by atoms with Gasteiger partial charge in [0.1, 0.15) is 11.9 Å². The van der Waals surface area contributed by atoms with Crippen LogP contribution in [0.2, 0.25) is 5.02 Å². The molecule has 0 spiro atoms. The van der Waals surface area contributed by atoms with Crippen molar-refractivity contribution in [2.24, 2.45) is 34.7 Å². The topological polar surface area (TPSA) is 85.3 Å². The second-order valence-electron chi connectivity index (χ2n) is 8.77. The quantitative estimate of drug-likeness (QED) is 0.406. The minimum Gasteiger partial charge on any atom is -0.427 e. The number of hydrogen-bond acceptors (Lipinski definition) is 6. The van der Waals surface area contributed by atoms with Gasteiger partial charge in [-0.2, -0.15) is 0 Å². The first-order chi connectivity index (χ1) is 15.5. The SMILES string of the molecule is CC(=O)Oc1ccc(N2C(=O)[C@H]3[C@@H]4C[C@@H]([C@H]5C(c6ccccc6Cl)=NO[C@H]45)[C@@H]3C2=O)cc1. The molecule has 0 unspecified atom stereocenters. The lowest BCUT2D eigenvalue weighted by Crippen LogP contribution is -2.41.